The van der Waals surface area contributed by atoms with Crippen LogP contribution in [-0.2, 0) is 16.6 Å². The standard InChI is InChI=1S/C29H27F2N5O3S2/c1-4-36(23-8-6-5-7-9-23)41(38,39)24-12-10-21(11-13-24)28(37)34(14-15-35-20(3)16-19(2)33-35)29-32-27-25(31)17-22(30)18-26(27)40-29/h5-13,16-18H,4,14-15H2,1-3H3. The van der Waals surface area contributed by atoms with Gasteiger partial charge >= 0.3 is 0 Å². The first kappa shape index (κ1) is 28.4. The van der Waals surface area contributed by atoms with Crippen LogP contribution in [0.2, 0.25) is 0 Å². The second-order valence-corrected chi connectivity index (χ2v) is 12.2. The van der Waals surface area contributed by atoms with Crippen molar-refractivity contribution in [2.24, 2.45) is 0 Å². The maximum absolute atomic E-state index is 14.5. The van der Waals surface area contributed by atoms with Crippen molar-refractivity contribution in [2.45, 2.75) is 32.2 Å². The Hall–Kier alpha value is -4.16. The molecule has 0 saturated heterocycles. The summed E-state index contributed by atoms with van der Waals surface area (Å²) in [5.41, 5.74) is 2.44. The largest absolute Gasteiger partial charge is 0.282 e. The van der Waals surface area contributed by atoms with Crippen LogP contribution in [0.3, 0.4) is 0 Å². The Kier molecular flexibility index (Phi) is 7.87. The van der Waals surface area contributed by atoms with Gasteiger partial charge in [0.15, 0.2) is 10.9 Å². The Labute approximate surface area is 240 Å². The summed E-state index contributed by atoms with van der Waals surface area (Å²) in [7, 11) is -3.88. The van der Waals surface area contributed by atoms with Gasteiger partial charge in [0.2, 0.25) is 0 Å². The van der Waals surface area contributed by atoms with Crippen molar-refractivity contribution in [2.75, 3.05) is 22.3 Å². The van der Waals surface area contributed by atoms with Crippen LogP contribution in [0.5, 0.6) is 0 Å². The highest BCUT2D eigenvalue weighted by atomic mass is 32.2. The van der Waals surface area contributed by atoms with E-state index in [1.54, 1.807) is 41.9 Å². The number of aromatic nitrogens is 3. The van der Waals surface area contributed by atoms with E-state index in [9.17, 15) is 22.0 Å². The summed E-state index contributed by atoms with van der Waals surface area (Å²) in [5, 5.41) is 4.63. The van der Waals surface area contributed by atoms with E-state index in [1.807, 2.05) is 19.9 Å². The lowest BCUT2D eigenvalue weighted by Gasteiger charge is -2.23. The molecular weight excluding hydrogens is 568 g/mol. The van der Waals surface area contributed by atoms with Gasteiger partial charge in [-0.1, -0.05) is 29.5 Å². The number of halogens is 2. The van der Waals surface area contributed by atoms with Gasteiger partial charge in [-0.3, -0.25) is 18.7 Å². The third kappa shape index (κ3) is 5.70. The van der Waals surface area contributed by atoms with E-state index in [0.717, 1.165) is 28.8 Å². The first-order valence-electron chi connectivity index (χ1n) is 12.8. The number of hydrogen-bond acceptors (Lipinski definition) is 6. The number of amides is 1. The molecule has 0 atom stereocenters. The average molecular weight is 596 g/mol. The second kappa shape index (κ2) is 11.4. The molecular formula is C29H27F2N5O3S2. The van der Waals surface area contributed by atoms with Crippen molar-refractivity contribution in [3.8, 4) is 0 Å². The second-order valence-electron chi connectivity index (χ2n) is 9.37. The molecule has 0 aliphatic heterocycles. The van der Waals surface area contributed by atoms with Gasteiger partial charge in [-0.15, -0.1) is 0 Å². The normalized spacial score (nSPS) is 11.6. The molecule has 0 unspecified atom stereocenters. The zero-order valence-electron chi connectivity index (χ0n) is 22.6. The number of aryl methyl sites for hydroxylation is 2. The van der Waals surface area contributed by atoms with Crippen molar-refractivity contribution in [3.05, 3.63) is 101 Å². The predicted octanol–water partition coefficient (Wildman–Crippen LogP) is 5.95. The van der Waals surface area contributed by atoms with Crippen LogP contribution in [0, 0.1) is 25.5 Å². The van der Waals surface area contributed by atoms with E-state index < -0.39 is 27.6 Å². The fourth-order valence-electron chi connectivity index (χ4n) is 4.58. The summed E-state index contributed by atoms with van der Waals surface area (Å²) in [6.45, 7) is 6.20. The number of thiazole rings is 1. The van der Waals surface area contributed by atoms with E-state index >= 15 is 0 Å². The lowest BCUT2D eigenvalue weighted by atomic mass is 10.2. The zero-order chi connectivity index (χ0) is 29.3. The van der Waals surface area contributed by atoms with Crippen LogP contribution in [-0.4, -0.2) is 42.2 Å². The zero-order valence-corrected chi connectivity index (χ0v) is 24.2. The number of carbonyl (C=O) groups is 1. The average Bonchev–Trinajstić information content (AvgIpc) is 3.51. The molecule has 12 heteroatoms. The molecule has 1 amide bonds. The molecule has 0 radical (unpaired) electrons. The summed E-state index contributed by atoms with van der Waals surface area (Å²) in [4.78, 5) is 19.5. The molecule has 2 heterocycles. The van der Waals surface area contributed by atoms with Gasteiger partial charge in [0.1, 0.15) is 11.3 Å². The van der Waals surface area contributed by atoms with Crippen molar-refractivity contribution in [1.29, 1.82) is 0 Å². The summed E-state index contributed by atoms with van der Waals surface area (Å²) in [5.74, 6) is -2.02. The maximum Gasteiger partial charge on any atom is 0.264 e. The highest BCUT2D eigenvalue weighted by molar-refractivity contribution is 7.92. The molecule has 212 valence electrons. The molecule has 5 aromatic rings. The number of carbonyl (C=O) groups excluding carboxylic acids is 1. The maximum atomic E-state index is 14.5. The van der Waals surface area contributed by atoms with Gasteiger partial charge in [0, 0.05) is 30.4 Å². The number of fused-ring (bicyclic) bond motifs is 1. The third-order valence-electron chi connectivity index (χ3n) is 6.54. The number of hydrogen-bond donors (Lipinski definition) is 0. The molecule has 0 bridgehead atoms. The van der Waals surface area contributed by atoms with E-state index in [4.69, 9.17) is 0 Å². The Bertz CT molecular complexity index is 1820. The summed E-state index contributed by atoms with van der Waals surface area (Å²) in [6.07, 6.45) is 0. The fraction of sp³-hybridized carbons (Fsp3) is 0.207. The molecule has 8 nitrogen and oxygen atoms in total. The van der Waals surface area contributed by atoms with Crippen molar-refractivity contribution < 1.29 is 22.0 Å². The molecule has 0 saturated carbocycles. The molecule has 0 fully saturated rings. The lowest BCUT2D eigenvalue weighted by Crippen LogP contribution is -2.34. The smallest absolute Gasteiger partial charge is 0.264 e. The van der Waals surface area contributed by atoms with Gasteiger partial charge in [-0.05, 0) is 69.3 Å². The van der Waals surface area contributed by atoms with Gasteiger partial charge in [0.05, 0.1) is 27.5 Å². The Balaban J connectivity index is 1.48. The number of anilines is 2. The molecule has 5 rings (SSSR count). The molecule has 2 aromatic heterocycles. The molecule has 0 aliphatic carbocycles. The minimum absolute atomic E-state index is 0.0303. The van der Waals surface area contributed by atoms with Crippen LogP contribution in [0.4, 0.5) is 19.6 Å². The predicted molar refractivity (Wildman–Crippen MR) is 156 cm³/mol. The number of para-hydroxylation sites is 1. The van der Waals surface area contributed by atoms with Gasteiger partial charge < -0.3 is 0 Å². The van der Waals surface area contributed by atoms with Gasteiger partial charge in [-0.2, -0.15) is 5.10 Å². The van der Waals surface area contributed by atoms with Crippen LogP contribution in [0.1, 0.15) is 28.7 Å². The minimum Gasteiger partial charge on any atom is -0.282 e. The fourth-order valence-corrected chi connectivity index (χ4v) is 7.08. The molecule has 0 aliphatic rings. The Morgan fingerprint density at radius 2 is 1.71 bits per heavy atom. The van der Waals surface area contributed by atoms with Crippen molar-refractivity contribution >= 4 is 48.3 Å². The quantitative estimate of drug-likeness (QED) is 0.210. The third-order valence-corrected chi connectivity index (χ3v) is 9.48. The highest BCUT2D eigenvalue weighted by Gasteiger charge is 2.26. The molecule has 3 aromatic carbocycles. The number of rotatable bonds is 9. The number of sulfonamides is 1. The summed E-state index contributed by atoms with van der Waals surface area (Å²) in [6, 6.07) is 18.3. The van der Waals surface area contributed by atoms with Crippen LogP contribution >= 0.6 is 11.3 Å². The topological polar surface area (TPSA) is 88.4 Å². The van der Waals surface area contributed by atoms with E-state index in [2.05, 4.69) is 10.1 Å². The van der Waals surface area contributed by atoms with Crippen LogP contribution in [0.15, 0.2) is 77.7 Å². The Morgan fingerprint density at radius 1 is 1.00 bits per heavy atom. The van der Waals surface area contributed by atoms with Crippen molar-refractivity contribution in [1.82, 2.24) is 14.8 Å². The van der Waals surface area contributed by atoms with Gasteiger partial charge in [0.25, 0.3) is 15.9 Å². The lowest BCUT2D eigenvalue weighted by molar-refractivity contribution is 0.0985. The van der Waals surface area contributed by atoms with Crippen LogP contribution in [0.25, 0.3) is 10.2 Å². The Morgan fingerprint density at radius 3 is 2.34 bits per heavy atom. The molecule has 41 heavy (non-hydrogen) atoms. The first-order valence-corrected chi connectivity index (χ1v) is 15.1. The molecule has 0 spiro atoms. The SMILES string of the molecule is CCN(c1ccccc1)S(=O)(=O)c1ccc(C(=O)N(CCn2nc(C)cc2C)c2nc3c(F)cc(F)cc3s2)cc1. The molecule has 0 N–H and O–H groups in total. The number of benzene rings is 3. The summed E-state index contributed by atoms with van der Waals surface area (Å²) >= 11 is 0.995. The van der Waals surface area contributed by atoms with Gasteiger partial charge in [-0.25, -0.2) is 22.2 Å². The van der Waals surface area contributed by atoms with E-state index in [0.29, 0.717) is 12.2 Å². The van der Waals surface area contributed by atoms with Crippen LogP contribution < -0.4 is 9.21 Å². The number of nitrogens with zero attached hydrogens (tertiary/aromatic N) is 5. The van der Waals surface area contributed by atoms with Crippen molar-refractivity contribution in [3.63, 3.8) is 0 Å². The minimum atomic E-state index is -3.88. The summed E-state index contributed by atoms with van der Waals surface area (Å²) < 4.78 is 58.4. The van der Waals surface area contributed by atoms with E-state index in [-0.39, 0.29) is 38.9 Å². The first-order chi connectivity index (χ1) is 19.6. The highest BCUT2D eigenvalue weighted by Crippen LogP contribution is 2.32. The monoisotopic (exact) mass is 595 g/mol. The van der Waals surface area contributed by atoms with E-state index in [1.165, 1.54) is 39.5 Å².